The normalized spacial score (nSPS) is 23.7. The van der Waals surface area contributed by atoms with E-state index in [1.54, 1.807) is 24.4 Å². The number of nitrogens with one attached hydrogen (secondary N) is 2. The van der Waals surface area contributed by atoms with Gasteiger partial charge in [0.1, 0.15) is 5.82 Å². The first-order chi connectivity index (χ1) is 21.7. The van der Waals surface area contributed by atoms with E-state index in [0.29, 0.717) is 35.7 Å². The zero-order valence-corrected chi connectivity index (χ0v) is 28.8. The summed E-state index contributed by atoms with van der Waals surface area (Å²) in [5.74, 6) is 0.0624. The van der Waals surface area contributed by atoms with E-state index in [0.717, 1.165) is 60.8 Å². The number of pyridine rings is 1. The Kier molecular flexibility index (Phi) is 14.9. The van der Waals surface area contributed by atoms with E-state index in [4.69, 9.17) is 4.74 Å². The molecule has 6 rings (SSSR count). The van der Waals surface area contributed by atoms with Crippen LogP contribution in [-0.2, 0) is 10.1 Å². The minimum Gasteiger partial charge on any atom is -0.412 e. The predicted molar refractivity (Wildman–Crippen MR) is 188 cm³/mol. The van der Waals surface area contributed by atoms with Crippen LogP contribution in [0.4, 0.5) is 8.78 Å². The van der Waals surface area contributed by atoms with Gasteiger partial charge in [-0.15, -0.1) is 11.3 Å². The lowest BCUT2D eigenvalue weighted by Gasteiger charge is -2.28. The number of nitrogens with zero attached hydrogens (tertiary/aromatic N) is 2. The lowest BCUT2D eigenvalue weighted by Crippen LogP contribution is -2.41. The number of carbonyl (C=O) groups is 1. The molecule has 0 spiro atoms. The molecule has 0 aliphatic carbocycles. The van der Waals surface area contributed by atoms with Crippen LogP contribution in [0.1, 0.15) is 83.9 Å². The van der Waals surface area contributed by atoms with E-state index in [-0.39, 0.29) is 40.2 Å². The molecule has 0 bridgehead atoms. The average molecular weight is 689 g/mol. The number of aliphatic hydroxyl groups excluding tert-OH is 1. The molecule has 2 aromatic heterocycles. The minimum atomic E-state index is -1.79. The molecule has 6 N–H and O–H groups in total. The molecule has 9 nitrogen and oxygen atoms in total. The van der Waals surface area contributed by atoms with Crippen LogP contribution < -0.4 is 10.6 Å². The number of hydrogen-bond acceptors (Lipinski definition) is 8. The highest BCUT2D eigenvalue weighted by molar-refractivity contribution is 7.51. The van der Waals surface area contributed by atoms with Crippen LogP contribution in [0.3, 0.4) is 0 Å². The Labute approximate surface area is 280 Å². The van der Waals surface area contributed by atoms with Crippen molar-refractivity contribution in [3.05, 3.63) is 64.5 Å². The maximum absolute atomic E-state index is 14.9. The average Bonchev–Trinajstić information content (AvgIpc) is 3.63. The zero-order valence-electron chi connectivity index (χ0n) is 27.1. The number of halogens is 2. The summed E-state index contributed by atoms with van der Waals surface area (Å²) in [6, 6.07) is 8.99. The first-order valence-corrected chi connectivity index (χ1v) is 18.4. The zero-order chi connectivity index (χ0) is 32.6. The number of amides is 1. The lowest BCUT2D eigenvalue weighted by atomic mass is 9.95. The fourth-order valence-corrected chi connectivity index (χ4v) is 7.37. The van der Waals surface area contributed by atoms with Gasteiger partial charge in [-0.25, -0.2) is 8.78 Å². The Balaban J connectivity index is 0.00000115. The summed E-state index contributed by atoms with van der Waals surface area (Å²) >= 11 is 1.38. The van der Waals surface area contributed by atoms with Crippen molar-refractivity contribution < 1.29 is 38.1 Å². The molecule has 2 unspecified atom stereocenters. The van der Waals surface area contributed by atoms with Gasteiger partial charge in [0.2, 0.25) is 0 Å². The van der Waals surface area contributed by atoms with Gasteiger partial charge in [0.25, 0.3) is 5.91 Å². The summed E-state index contributed by atoms with van der Waals surface area (Å²) in [6.45, 7) is 9.74. The van der Waals surface area contributed by atoms with Gasteiger partial charge in [-0.2, -0.15) is 0 Å². The molecule has 46 heavy (non-hydrogen) atoms. The van der Waals surface area contributed by atoms with Crippen LogP contribution >= 0.6 is 19.5 Å². The summed E-state index contributed by atoms with van der Waals surface area (Å²) in [5, 5.41) is 14.8. The van der Waals surface area contributed by atoms with Crippen molar-refractivity contribution in [1.29, 1.82) is 0 Å². The quantitative estimate of drug-likeness (QED) is 0.234. The Morgan fingerprint density at radius 1 is 1.24 bits per heavy atom. The molecule has 5 heterocycles. The van der Waals surface area contributed by atoms with Gasteiger partial charge in [0, 0.05) is 58.0 Å². The standard InChI is InChI=1S/C23H32FN2O4PS.C8H9FN2.C2H6.H2O.3H2/c1-23(24,31(2)29)16-6-9-20-15(10-16)11-21(32-20)22(28)25-17-4-3-5-18-7-8-19(12-27)26(18)14-30-13-17;9-8-1-2-10-5-7(8)6-3-11-4-6;1-2;;;;/h6,9-11,17-19,27,29H,3-5,7-8,12-14H2,1-2H3,(H,25,28);1-2,5-6,11H,3-4H2;1-2H3;1H2;3*1H/t17-,18-,19-,23?,31?;;;;;;/m0....../s1. The van der Waals surface area contributed by atoms with Crippen LogP contribution in [0, 0.1) is 5.82 Å². The molecular weight excluding hydrogens is 633 g/mol. The second kappa shape index (κ2) is 17.8. The number of fused-ring (bicyclic) bond motifs is 2. The minimum absolute atomic E-state index is 0. The van der Waals surface area contributed by atoms with Gasteiger partial charge in [0.15, 0.2) is 5.41 Å². The largest absolute Gasteiger partial charge is 0.412 e. The molecule has 5 atom stereocenters. The maximum atomic E-state index is 14.9. The van der Waals surface area contributed by atoms with Crippen molar-refractivity contribution >= 4 is 35.5 Å². The molecule has 3 saturated heterocycles. The maximum Gasteiger partial charge on any atom is 0.261 e. The molecule has 3 aromatic rings. The highest BCUT2D eigenvalue weighted by atomic mass is 32.1. The first kappa shape index (κ1) is 38.3. The molecule has 0 saturated carbocycles. The van der Waals surface area contributed by atoms with Crippen LogP contribution in [0.2, 0.25) is 0 Å². The van der Waals surface area contributed by atoms with Crippen molar-refractivity contribution in [2.75, 3.05) is 39.7 Å². The summed E-state index contributed by atoms with van der Waals surface area (Å²) in [6.07, 6.45) is 8.09. The molecule has 3 aliphatic heterocycles. The third kappa shape index (κ3) is 9.26. The van der Waals surface area contributed by atoms with Gasteiger partial charge in [-0.3, -0.25) is 14.7 Å². The van der Waals surface area contributed by atoms with E-state index < -0.39 is 13.6 Å². The van der Waals surface area contributed by atoms with E-state index in [2.05, 4.69) is 20.5 Å². The summed E-state index contributed by atoms with van der Waals surface area (Å²) < 4.78 is 34.7. The molecule has 13 heteroatoms. The van der Waals surface area contributed by atoms with E-state index in [1.165, 1.54) is 37.2 Å². The topological polar surface area (TPSA) is 138 Å². The highest BCUT2D eigenvalue weighted by Gasteiger charge is 2.34. The van der Waals surface area contributed by atoms with E-state index >= 15 is 0 Å². The second-order valence-corrected chi connectivity index (χ2v) is 14.7. The summed E-state index contributed by atoms with van der Waals surface area (Å²) in [5.41, 5.74) is 1.17. The predicted octanol–water partition coefficient (Wildman–Crippen LogP) is 5.99. The Bertz CT molecular complexity index is 1410. The van der Waals surface area contributed by atoms with Crippen molar-refractivity contribution in [3.63, 3.8) is 0 Å². The number of rotatable bonds is 6. The summed E-state index contributed by atoms with van der Waals surface area (Å²) in [7, 11) is -1.78. The van der Waals surface area contributed by atoms with Crippen molar-refractivity contribution in [2.24, 2.45) is 0 Å². The number of carbonyl (C=O) groups excluding carboxylic acids is 1. The van der Waals surface area contributed by atoms with Crippen molar-refractivity contribution in [3.8, 4) is 0 Å². The van der Waals surface area contributed by atoms with Crippen molar-refractivity contribution in [2.45, 2.75) is 82.3 Å². The molecule has 3 fully saturated rings. The SMILES string of the molecule is CC.CP(O)C(C)(F)c1ccc2sc(C(=O)N[C@H]3CCC[C@H]4CC[C@@H](CO)N4COC3)cc2c1.Fc1ccncc1C1CNC1.O.[HH].[HH].[HH]. The van der Waals surface area contributed by atoms with Gasteiger partial charge in [-0.05, 0) is 80.9 Å². The first-order valence-electron chi connectivity index (χ1n) is 15.9. The van der Waals surface area contributed by atoms with Crippen LogP contribution in [0.25, 0.3) is 10.1 Å². The third-order valence-corrected chi connectivity index (χ3v) is 11.4. The fourth-order valence-electron chi connectivity index (χ4n) is 5.91. The van der Waals surface area contributed by atoms with Gasteiger partial charge in [0.05, 0.1) is 39.0 Å². The number of thiophene rings is 1. The molecule has 1 amide bonds. The number of benzene rings is 1. The van der Waals surface area contributed by atoms with Crippen molar-refractivity contribution in [1.82, 2.24) is 20.5 Å². The molecule has 262 valence electrons. The number of alkyl halides is 1. The molecular formula is C33H55F2N4O5PS. The lowest BCUT2D eigenvalue weighted by molar-refractivity contribution is -0.0137. The van der Waals surface area contributed by atoms with Crippen LogP contribution in [-0.4, -0.2) is 89.1 Å². The van der Waals surface area contributed by atoms with Crippen LogP contribution in [0.15, 0.2) is 42.7 Å². The monoisotopic (exact) mass is 688 g/mol. The fraction of sp³-hybridized carbons (Fsp3) is 0.576. The Morgan fingerprint density at radius 2 is 2.00 bits per heavy atom. The Morgan fingerprint density at radius 3 is 2.65 bits per heavy atom. The smallest absolute Gasteiger partial charge is 0.261 e. The number of aromatic nitrogens is 1. The van der Waals surface area contributed by atoms with E-state index in [9.17, 15) is 23.6 Å². The summed E-state index contributed by atoms with van der Waals surface area (Å²) in [4.78, 5) is 29.5. The van der Waals surface area contributed by atoms with E-state index in [1.807, 2.05) is 19.9 Å². The highest BCUT2D eigenvalue weighted by Crippen LogP contribution is 2.51. The molecule has 3 aliphatic rings. The van der Waals surface area contributed by atoms with Crippen LogP contribution in [0.5, 0.6) is 0 Å². The second-order valence-electron chi connectivity index (χ2n) is 11.8. The molecule has 0 radical (unpaired) electrons. The Hall–Kier alpha value is -2.15. The van der Waals surface area contributed by atoms with Gasteiger partial charge < -0.3 is 30.8 Å². The van der Waals surface area contributed by atoms with Gasteiger partial charge >= 0.3 is 0 Å². The number of aliphatic hydroxyl groups is 1. The third-order valence-electron chi connectivity index (χ3n) is 8.86. The number of ether oxygens (including phenoxy) is 1. The molecule has 1 aromatic carbocycles. The van der Waals surface area contributed by atoms with Gasteiger partial charge in [-0.1, -0.05) is 19.9 Å². The number of hydrogen-bond donors (Lipinski definition) is 4.